The predicted octanol–water partition coefficient (Wildman–Crippen LogP) is 4.08. The summed E-state index contributed by atoms with van der Waals surface area (Å²) in [6, 6.07) is 8.57. The average Bonchev–Trinajstić information content (AvgIpc) is 3.51. The molecule has 2 aliphatic rings. The summed E-state index contributed by atoms with van der Waals surface area (Å²) < 4.78 is 16.1. The minimum atomic E-state index is 0.108. The SMILES string of the molecule is COc1ccc(-c2nccn2[C@H]2COC3(CCCC3)C2)cc1Cn1cccn1. The molecule has 0 radical (unpaired) electrons. The van der Waals surface area contributed by atoms with E-state index >= 15 is 0 Å². The topological polar surface area (TPSA) is 54.1 Å². The van der Waals surface area contributed by atoms with Crippen molar-refractivity contribution in [2.24, 2.45) is 0 Å². The van der Waals surface area contributed by atoms with Gasteiger partial charge in [-0.05, 0) is 43.5 Å². The van der Waals surface area contributed by atoms with Gasteiger partial charge in [0.25, 0.3) is 0 Å². The first-order valence-electron chi connectivity index (χ1n) is 10.1. The van der Waals surface area contributed by atoms with Gasteiger partial charge in [-0.15, -0.1) is 0 Å². The number of rotatable bonds is 5. The lowest BCUT2D eigenvalue weighted by Crippen LogP contribution is -2.23. The van der Waals surface area contributed by atoms with Crippen LogP contribution in [0.25, 0.3) is 11.4 Å². The Morgan fingerprint density at radius 2 is 2.11 bits per heavy atom. The second-order valence-electron chi connectivity index (χ2n) is 7.95. The Labute approximate surface area is 165 Å². The van der Waals surface area contributed by atoms with Gasteiger partial charge in [-0.1, -0.05) is 12.8 Å². The summed E-state index contributed by atoms with van der Waals surface area (Å²) in [6.07, 6.45) is 13.8. The van der Waals surface area contributed by atoms with E-state index in [1.165, 1.54) is 25.7 Å². The van der Waals surface area contributed by atoms with Crippen LogP contribution in [0.2, 0.25) is 0 Å². The van der Waals surface area contributed by atoms with Gasteiger partial charge in [0.15, 0.2) is 0 Å². The molecule has 28 heavy (non-hydrogen) atoms. The van der Waals surface area contributed by atoms with Gasteiger partial charge in [0.05, 0.1) is 31.9 Å². The van der Waals surface area contributed by atoms with Gasteiger partial charge in [-0.2, -0.15) is 5.10 Å². The number of ether oxygens (including phenoxy) is 2. The number of hydrogen-bond donors (Lipinski definition) is 0. The first-order valence-corrected chi connectivity index (χ1v) is 10.1. The van der Waals surface area contributed by atoms with Crippen LogP contribution in [0.3, 0.4) is 0 Å². The van der Waals surface area contributed by atoms with E-state index in [0.29, 0.717) is 12.6 Å². The monoisotopic (exact) mass is 378 g/mol. The molecule has 1 spiro atoms. The molecule has 0 N–H and O–H groups in total. The van der Waals surface area contributed by atoms with Crippen molar-refractivity contribution in [3.63, 3.8) is 0 Å². The maximum atomic E-state index is 6.28. The minimum absolute atomic E-state index is 0.108. The summed E-state index contributed by atoms with van der Waals surface area (Å²) in [4.78, 5) is 4.68. The quantitative estimate of drug-likeness (QED) is 0.671. The zero-order chi connectivity index (χ0) is 19.0. The molecule has 3 heterocycles. The van der Waals surface area contributed by atoms with Gasteiger partial charge in [-0.25, -0.2) is 4.98 Å². The van der Waals surface area contributed by atoms with Crippen molar-refractivity contribution in [3.05, 3.63) is 54.6 Å². The Balaban J connectivity index is 1.45. The van der Waals surface area contributed by atoms with Crippen molar-refractivity contribution in [1.29, 1.82) is 0 Å². The summed E-state index contributed by atoms with van der Waals surface area (Å²) in [5.74, 6) is 1.86. The maximum absolute atomic E-state index is 6.28. The largest absolute Gasteiger partial charge is 0.496 e. The van der Waals surface area contributed by atoms with Gasteiger partial charge in [0, 0.05) is 35.9 Å². The van der Waals surface area contributed by atoms with Crippen molar-refractivity contribution in [1.82, 2.24) is 19.3 Å². The Bertz CT molecular complexity index is 941. The van der Waals surface area contributed by atoms with E-state index < -0.39 is 0 Å². The zero-order valence-corrected chi connectivity index (χ0v) is 16.3. The van der Waals surface area contributed by atoms with Crippen molar-refractivity contribution < 1.29 is 9.47 Å². The second-order valence-corrected chi connectivity index (χ2v) is 7.95. The van der Waals surface area contributed by atoms with Crippen molar-refractivity contribution >= 4 is 0 Å². The summed E-state index contributed by atoms with van der Waals surface area (Å²) in [7, 11) is 1.71. The molecular formula is C22H26N4O2. The van der Waals surface area contributed by atoms with Crippen LogP contribution in [-0.4, -0.2) is 38.6 Å². The van der Waals surface area contributed by atoms with Gasteiger partial charge >= 0.3 is 0 Å². The van der Waals surface area contributed by atoms with E-state index in [1.807, 2.05) is 29.2 Å². The fourth-order valence-corrected chi connectivity index (χ4v) is 4.81. The van der Waals surface area contributed by atoms with Crippen molar-refractivity contribution in [3.8, 4) is 17.1 Å². The highest BCUT2D eigenvalue weighted by Crippen LogP contribution is 2.45. The number of nitrogens with zero attached hydrogens (tertiary/aromatic N) is 4. The molecule has 1 atom stereocenters. The molecule has 0 bridgehead atoms. The number of imidazole rings is 1. The summed E-state index contributed by atoms with van der Waals surface area (Å²) in [5, 5.41) is 4.32. The summed E-state index contributed by atoms with van der Waals surface area (Å²) in [6.45, 7) is 1.44. The molecular weight excluding hydrogens is 352 g/mol. The molecule has 6 nitrogen and oxygen atoms in total. The fraction of sp³-hybridized carbons (Fsp3) is 0.455. The van der Waals surface area contributed by atoms with E-state index in [2.05, 4.69) is 33.0 Å². The highest BCUT2D eigenvalue weighted by Gasteiger charge is 2.43. The van der Waals surface area contributed by atoms with Crippen LogP contribution in [0, 0.1) is 0 Å². The normalized spacial score (nSPS) is 20.8. The van der Waals surface area contributed by atoms with Crippen LogP contribution >= 0.6 is 0 Å². The zero-order valence-electron chi connectivity index (χ0n) is 16.3. The van der Waals surface area contributed by atoms with Gasteiger partial charge in [-0.3, -0.25) is 4.68 Å². The smallest absolute Gasteiger partial charge is 0.140 e. The van der Waals surface area contributed by atoms with Crippen LogP contribution < -0.4 is 4.74 Å². The van der Waals surface area contributed by atoms with Crippen LogP contribution in [0.1, 0.15) is 43.7 Å². The highest BCUT2D eigenvalue weighted by atomic mass is 16.5. The lowest BCUT2D eigenvalue weighted by atomic mass is 9.96. The third kappa shape index (κ3) is 3.11. The van der Waals surface area contributed by atoms with E-state index in [0.717, 1.165) is 35.7 Å². The Morgan fingerprint density at radius 1 is 1.21 bits per heavy atom. The molecule has 0 unspecified atom stereocenters. The van der Waals surface area contributed by atoms with Crippen LogP contribution in [0.5, 0.6) is 5.75 Å². The third-order valence-corrected chi connectivity index (χ3v) is 6.20. The average molecular weight is 378 g/mol. The van der Waals surface area contributed by atoms with Gasteiger partial charge in [0.1, 0.15) is 11.6 Å². The van der Waals surface area contributed by atoms with Crippen LogP contribution in [-0.2, 0) is 11.3 Å². The Hall–Kier alpha value is -2.60. The molecule has 3 aromatic rings. The summed E-state index contributed by atoms with van der Waals surface area (Å²) >= 11 is 0. The van der Waals surface area contributed by atoms with Crippen molar-refractivity contribution in [2.75, 3.05) is 13.7 Å². The Morgan fingerprint density at radius 3 is 2.89 bits per heavy atom. The molecule has 1 saturated heterocycles. The van der Waals surface area contributed by atoms with Gasteiger partial charge < -0.3 is 14.0 Å². The van der Waals surface area contributed by atoms with E-state index in [-0.39, 0.29) is 5.60 Å². The molecule has 6 heteroatoms. The van der Waals surface area contributed by atoms with E-state index in [9.17, 15) is 0 Å². The molecule has 5 rings (SSSR count). The Kier molecular flexibility index (Phi) is 4.43. The highest BCUT2D eigenvalue weighted by molar-refractivity contribution is 5.59. The lowest BCUT2D eigenvalue weighted by molar-refractivity contribution is 0.00960. The molecule has 146 valence electrons. The first-order chi connectivity index (χ1) is 13.8. The molecule has 1 aliphatic carbocycles. The number of benzene rings is 1. The second kappa shape index (κ2) is 7.09. The number of methoxy groups -OCH3 is 1. The standard InChI is InChI=1S/C22H26N4O2/c1-27-20-6-5-17(13-18(20)15-25-11-4-9-24-25)21-23-10-12-26(21)19-14-22(28-16-19)7-2-3-8-22/h4-6,9-13,19H,2-3,7-8,14-16H2,1H3/t19-/m1/s1. The molecule has 1 saturated carbocycles. The van der Waals surface area contributed by atoms with E-state index in [1.54, 1.807) is 13.3 Å². The molecule has 2 aromatic heterocycles. The molecule has 1 aromatic carbocycles. The summed E-state index contributed by atoms with van der Waals surface area (Å²) in [5.41, 5.74) is 2.30. The van der Waals surface area contributed by atoms with Crippen LogP contribution in [0.4, 0.5) is 0 Å². The maximum Gasteiger partial charge on any atom is 0.140 e. The molecule has 2 fully saturated rings. The lowest BCUT2D eigenvalue weighted by Gasteiger charge is -2.22. The van der Waals surface area contributed by atoms with Crippen LogP contribution in [0.15, 0.2) is 49.1 Å². The fourth-order valence-electron chi connectivity index (χ4n) is 4.81. The molecule has 1 aliphatic heterocycles. The van der Waals surface area contributed by atoms with Gasteiger partial charge in [0.2, 0.25) is 0 Å². The molecule has 0 amide bonds. The first kappa shape index (κ1) is 17.5. The number of aromatic nitrogens is 4. The predicted molar refractivity (Wildman–Crippen MR) is 106 cm³/mol. The van der Waals surface area contributed by atoms with Crippen molar-refractivity contribution in [2.45, 2.75) is 50.3 Å². The van der Waals surface area contributed by atoms with E-state index in [4.69, 9.17) is 9.47 Å². The number of hydrogen-bond acceptors (Lipinski definition) is 4. The third-order valence-electron chi connectivity index (χ3n) is 6.20. The minimum Gasteiger partial charge on any atom is -0.496 e.